The van der Waals surface area contributed by atoms with Gasteiger partial charge >= 0.3 is 0 Å². The van der Waals surface area contributed by atoms with Crippen LogP contribution in [0.3, 0.4) is 0 Å². The largest absolute Gasteiger partial charge is 0.494 e. The number of fused-ring (bicyclic) bond motifs is 1. The SMILES string of the molecule is CCOc1ccc(CC(=O)NCCc2ccc3cc[nH]c3c2)cc1. The molecule has 0 saturated heterocycles. The number of aromatic nitrogens is 1. The molecule has 3 aromatic rings. The maximum atomic E-state index is 12.0. The highest BCUT2D eigenvalue weighted by Gasteiger charge is 2.04. The van der Waals surface area contributed by atoms with Crippen LogP contribution in [-0.4, -0.2) is 24.0 Å². The first-order valence-corrected chi connectivity index (χ1v) is 8.29. The van der Waals surface area contributed by atoms with Crippen molar-refractivity contribution in [1.82, 2.24) is 10.3 Å². The molecule has 0 aliphatic heterocycles. The van der Waals surface area contributed by atoms with Gasteiger partial charge in [0.2, 0.25) is 5.91 Å². The van der Waals surface area contributed by atoms with E-state index in [2.05, 4.69) is 34.6 Å². The average Bonchev–Trinajstić information content (AvgIpc) is 3.05. The predicted molar refractivity (Wildman–Crippen MR) is 96.3 cm³/mol. The van der Waals surface area contributed by atoms with Gasteiger partial charge in [0, 0.05) is 18.3 Å². The summed E-state index contributed by atoms with van der Waals surface area (Å²) in [6, 6.07) is 16.1. The fraction of sp³-hybridized carbons (Fsp3) is 0.250. The molecule has 0 aliphatic carbocycles. The van der Waals surface area contributed by atoms with E-state index in [1.165, 1.54) is 10.9 Å². The van der Waals surface area contributed by atoms with Crippen LogP contribution in [0.1, 0.15) is 18.1 Å². The van der Waals surface area contributed by atoms with E-state index < -0.39 is 0 Å². The van der Waals surface area contributed by atoms with E-state index >= 15 is 0 Å². The zero-order chi connectivity index (χ0) is 16.8. The Morgan fingerprint density at radius 1 is 1.08 bits per heavy atom. The Morgan fingerprint density at radius 2 is 1.88 bits per heavy atom. The Morgan fingerprint density at radius 3 is 2.67 bits per heavy atom. The second-order valence-electron chi connectivity index (χ2n) is 5.75. The van der Waals surface area contributed by atoms with Crippen LogP contribution in [0.2, 0.25) is 0 Å². The van der Waals surface area contributed by atoms with Crippen molar-refractivity contribution in [2.45, 2.75) is 19.8 Å². The number of hydrogen-bond acceptors (Lipinski definition) is 2. The molecule has 0 radical (unpaired) electrons. The number of aromatic amines is 1. The monoisotopic (exact) mass is 322 g/mol. The Balaban J connectivity index is 1.46. The standard InChI is InChI=1S/C20H22N2O2/c1-2-24-18-7-4-15(5-8-18)14-20(23)22-11-9-16-3-6-17-10-12-21-19(17)13-16/h3-8,10,12-13,21H,2,9,11,14H2,1H3,(H,22,23). The van der Waals surface area contributed by atoms with Gasteiger partial charge in [0.25, 0.3) is 0 Å². The smallest absolute Gasteiger partial charge is 0.224 e. The second kappa shape index (κ2) is 7.68. The molecule has 1 heterocycles. The van der Waals surface area contributed by atoms with Crippen LogP contribution in [0.5, 0.6) is 5.75 Å². The minimum atomic E-state index is 0.0418. The Bertz CT molecular complexity index is 806. The third-order valence-electron chi connectivity index (χ3n) is 3.95. The van der Waals surface area contributed by atoms with Crippen molar-refractivity contribution in [2.24, 2.45) is 0 Å². The van der Waals surface area contributed by atoms with Gasteiger partial charge in [0.1, 0.15) is 5.75 Å². The first-order chi connectivity index (χ1) is 11.7. The number of hydrogen-bond donors (Lipinski definition) is 2. The zero-order valence-electron chi connectivity index (χ0n) is 13.8. The molecule has 1 amide bonds. The minimum absolute atomic E-state index is 0.0418. The van der Waals surface area contributed by atoms with Crippen molar-refractivity contribution in [3.63, 3.8) is 0 Å². The minimum Gasteiger partial charge on any atom is -0.494 e. The van der Waals surface area contributed by atoms with E-state index in [0.717, 1.165) is 23.3 Å². The van der Waals surface area contributed by atoms with Gasteiger partial charge in [-0.3, -0.25) is 4.79 Å². The summed E-state index contributed by atoms with van der Waals surface area (Å²) in [5.74, 6) is 0.876. The maximum absolute atomic E-state index is 12.0. The third kappa shape index (κ3) is 4.16. The van der Waals surface area contributed by atoms with Gasteiger partial charge in [0.05, 0.1) is 13.0 Å². The molecule has 0 spiro atoms. The summed E-state index contributed by atoms with van der Waals surface area (Å²) in [5, 5.41) is 4.19. The maximum Gasteiger partial charge on any atom is 0.224 e. The van der Waals surface area contributed by atoms with Gasteiger partial charge in [0.15, 0.2) is 0 Å². The fourth-order valence-corrected chi connectivity index (χ4v) is 2.71. The van der Waals surface area contributed by atoms with E-state index in [4.69, 9.17) is 4.74 Å². The van der Waals surface area contributed by atoms with Gasteiger partial charge in [-0.25, -0.2) is 0 Å². The van der Waals surface area contributed by atoms with Crippen LogP contribution in [0, 0.1) is 0 Å². The molecular weight excluding hydrogens is 300 g/mol. The van der Waals surface area contributed by atoms with Crippen molar-refractivity contribution in [1.29, 1.82) is 0 Å². The number of rotatable bonds is 7. The number of ether oxygens (including phenoxy) is 1. The number of carbonyl (C=O) groups excluding carboxylic acids is 1. The number of nitrogens with one attached hydrogen (secondary N) is 2. The lowest BCUT2D eigenvalue weighted by atomic mass is 10.1. The molecule has 0 unspecified atom stereocenters. The Kier molecular flexibility index (Phi) is 5.16. The topological polar surface area (TPSA) is 54.1 Å². The summed E-state index contributed by atoms with van der Waals surface area (Å²) < 4.78 is 5.40. The summed E-state index contributed by atoms with van der Waals surface area (Å²) in [6.07, 6.45) is 3.15. The molecular formula is C20H22N2O2. The van der Waals surface area contributed by atoms with E-state index in [1.807, 2.05) is 37.4 Å². The summed E-state index contributed by atoms with van der Waals surface area (Å²) in [5.41, 5.74) is 3.34. The van der Waals surface area contributed by atoms with Crippen LogP contribution in [-0.2, 0) is 17.6 Å². The second-order valence-corrected chi connectivity index (χ2v) is 5.75. The lowest BCUT2D eigenvalue weighted by Gasteiger charge is -2.07. The van der Waals surface area contributed by atoms with E-state index in [-0.39, 0.29) is 5.91 Å². The Hall–Kier alpha value is -2.75. The van der Waals surface area contributed by atoms with Crippen LogP contribution in [0.15, 0.2) is 54.7 Å². The first-order valence-electron chi connectivity index (χ1n) is 8.29. The molecule has 4 nitrogen and oxygen atoms in total. The molecule has 3 rings (SSSR count). The molecule has 2 N–H and O–H groups in total. The van der Waals surface area contributed by atoms with E-state index in [9.17, 15) is 4.79 Å². The van der Waals surface area contributed by atoms with Crippen LogP contribution >= 0.6 is 0 Å². The van der Waals surface area contributed by atoms with Crippen molar-refractivity contribution in [3.05, 3.63) is 65.9 Å². The molecule has 24 heavy (non-hydrogen) atoms. The molecule has 0 saturated carbocycles. The molecule has 0 bridgehead atoms. The van der Waals surface area contributed by atoms with Gasteiger partial charge in [-0.1, -0.05) is 24.3 Å². The quantitative estimate of drug-likeness (QED) is 0.700. The summed E-state index contributed by atoms with van der Waals surface area (Å²) in [6.45, 7) is 3.24. The van der Waals surface area contributed by atoms with Gasteiger partial charge < -0.3 is 15.0 Å². The first kappa shape index (κ1) is 16.1. The molecule has 0 fully saturated rings. The number of benzene rings is 2. The van der Waals surface area contributed by atoms with Crippen LogP contribution in [0.25, 0.3) is 10.9 Å². The average molecular weight is 322 g/mol. The van der Waals surface area contributed by atoms with Crippen molar-refractivity contribution in [3.8, 4) is 5.75 Å². The van der Waals surface area contributed by atoms with E-state index in [1.54, 1.807) is 0 Å². The molecule has 0 aliphatic rings. The zero-order valence-corrected chi connectivity index (χ0v) is 13.8. The van der Waals surface area contributed by atoms with E-state index in [0.29, 0.717) is 19.6 Å². The lowest BCUT2D eigenvalue weighted by Crippen LogP contribution is -2.27. The van der Waals surface area contributed by atoms with Crippen LogP contribution < -0.4 is 10.1 Å². The third-order valence-corrected chi connectivity index (χ3v) is 3.95. The van der Waals surface area contributed by atoms with Gasteiger partial charge in [-0.15, -0.1) is 0 Å². The number of amides is 1. The highest BCUT2D eigenvalue weighted by molar-refractivity contribution is 5.80. The van der Waals surface area contributed by atoms with Gasteiger partial charge in [-0.2, -0.15) is 0 Å². The predicted octanol–water partition coefficient (Wildman–Crippen LogP) is 3.47. The van der Waals surface area contributed by atoms with Gasteiger partial charge in [-0.05, 0) is 54.1 Å². The normalized spacial score (nSPS) is 10.7. The van der Waals surface area contributed by atoms with Crippen LogP contribution in [0.4, 0.5) is 0 Å². The summed E-state index contributed by atoms with van der Waals surface area (Å²) >= 11 is 0. The highest BCUT2D eigenvalue weighted by Crippen LogP contribution is 2.14. The molecule has 4 heteroatoms. The van der Waals surface area contributed by atoms with Crippen molar-refractivity contribution < 1.29 is 9.53 Å². The summed E-state index contributed by atoms with van der Waals surface area (Å²) in [7, 11) is 0. The molecule has 2 aromatic carbocycles. The fourth-order valence-electron chi connectivity index (χ4n) is 2.71. The lowest BCUT2D eigenvalue weighted by molar-refractivity contribution is -0.120. The molecule has 1 aromatic heterocycles. The van der Waals surface area contributed by atoms with Crippen molar-refractivity contribution in [2.75, 3.05) is 13.2 Å². The Labute approximate surface area is 141 Å². The highest BCUT2D eigenvalue weighted by atomic mass is 16.5. The molecule has 0 atom stereocenters. The van der Waals surface area contributed by atoms with Crippen molar-refractivity contribution >= 4 is 16.8 Å². The summed E-state index contributed by atoms with van der Waals surface area (Å²) in [4.78, 5) is 15.2. The molecule has 124 valence electrons. The number of carbonyl (C=O) groups is 1. The number of H-pyrrole nitrogens is 1.